The first-order chi connectivity index (χ1) is 10.3. The van der Waals surface area contributed by atoms with Gasteiger partial charge in [0, 0.05) is 5.92 Å². The Bertz CT molecular complexity index is 647. The van der Waals surface area contributed by atoms with Crippen molar-refractivity contribution in [2.24, 2.45) is 11.8 Å². The van der Waals surface area contributed by atoms with Crippen molar-refractivity contribution in [3.8, 4) is 16.9 Å². The Morgan fingerprint density at radius 1 is 1.19 bits per heavy atom. The fourth-order valence-corrected chi connectivity index (χ4v) is 4.20. The number of aromatic nitrogens is 1. The van der Waals surface area contributed by atoms with Gasteiger partial charge in [-0.25, -0.2) is 0 Å². The number of benzene rings is 1. The van der Waals surface area contributed by atoms with Gasteiger partial charge in [-0.05, 0) is 48.8 Å². The quantitative estimate of drug-likeness (QED) is 0.930. The van der Waals surface area contributed by atoms with Crippen molar-refractivity contribution in [1.82, 2.24) is 5.16 Å². The third-order valence-corrected chi connectivity index (χ3v) is 5.21. The first-order valence-electron chi connectivity index (χ1n) is 7.65. The molecule has 0 radical (unpaired) electrons. The van der Waals surface area contributed by atoms with Gasteiger partial charge in [0.25, 0.3) is 0 Å². The van der Waals surface area contributed by atoms with Gasteiger partial charge >= 0.3 is 0 Å². The number of nitrogens with zero attached hydrogens (tertiary/aromatic N) is 1. The van der Waals surface area contributed by atoms with Crippen LogP contribution in [0.25, 0.3) is 11.1 Å². The number of nitrogens with two attached hydrogens (primary N) is 1. The van der Waals surface area contributed by atoms with Crippen molar-refractivity contribution < 1.29 is 9.26 Å². The molecule has 2 bridgehead atoms. The summed E-state index contributed by atoms with van der Waals surface area (Å²) in [6.07, 6.45) is 5.29. The molecule has 2 aliphatic rings. The standard InChI is InChI=1S/C17H20N2O2/c1-20-13-6-4-11(5-7-13)15-16(19-21-17(15)18)14-9-10-2-3-12(14)8-10/h4-7,10,12,14H,2-3,8-9,18H2,1H3. The Hall–Kier alpha value is -1.97. The van der Waals surface area contributed by atoms with Gasteiger partial charge in [-0.2, -0.15) is 0 Å². The molecule has 1 aromatic heterocycles. The van der Waals surface area contributed by atoms with Crippen molar-refractivity contribution in [2.45, 2.75) is 31.6 Å². The normalized spacial score (nSPS) is 27.2. The first-order valence-corrected chi connectivity index (χ1v) is 7.65. The van der Waals surface area contributed by atoms with E-state index in [0.29, 0.717) is 11.8 Å². The van der Waals surface area contributed by atoms with Gasteiger partial charge in [-0.3, -0.25) is 0 Å². The smallest absolute Gasteiger partial charge is 0.230 e. The molecular weight excluding hydrogens is 264 g/mol. The van der Waals surface area contributed by atoms with Crippen LogP contribution in [0.5, 0.6) is 5.75 Å². The van der Waals surface area contributed by atoms with Gasteiger partial charge in [0.15, 0.2) is 0 Å². The zero-order chi connectivity index (χ0) is 14.4. The molecule has 2 saturated carbocycles. The summed E-state index contributed by atoms with van der Waals surface area (Å²) in [5, 5.41) is 4.30. The Balaban J connectivity index is 1.73. The number of ether oxygens (including phenoxy) is 1. The second-order valence-corrected chi connectivity index (χ2v) is 6.32. The summed E-state index contributed by atoms with van der Waals surface area (Å²) in [4.78, 5) is 0. The summed E-state index contributed by atoms with van der Waals surface area (Å²) in [6.45, 7) is 0. The highest BCUT2D eigenvalue weighted by Crippen LogP contribution is 2.54. The molecule has 0 amide bonds. The number of rotatable bonds is 3. The van der Waals surface area contributed by atoms with Crippen LogP contribution in [0.15, 0.2) is 28.8 Å². The number of methoxy groups -OCH3 is 1. The van der Waals surface area contributed by atoms with Crippen LogP contribution in [0.4, 0.5) is 5.88 Å². The zero-order valence-corrected chi connectivity index (χ0v) is 12.2. The summed E-state index contributed by atoms with van der Waals surface area (Å²) < 4.78 is 10.5. The maximum atomic E-state index is 6.05. The summed E-state index contributed by atoms with van der Waals surface area (Å²) in [5.74, 6) is 3.42. The maximum absolute atomic E-state index is 6.05. The monoisotopic (exact) mass is 284 g/mol. The van der Waals surface area contributed by atoms with E-state index in [-0.39, 0.29) is 0 Å². The molecule has 2 aromatic rings. The predicted octanol–water partition coefficient (Wildman–Crippen LogP) is 3.84. The first kappa shape index (κ1) is 12.7. The molecular formula is C17H20N2O2. The zero-order valence-electron chi connectivity index (χ0n) is 12.2. The van der Waals surface area contributed by atoms with E-state index in [2.05, 4.69) is 5.16 Å². The number of anilines is 1. The van der Waals surface area contributed by atoms with Crippen molar-refractivity contribution in [3.05, 3.63) is 30.0 Å². The van der Waals surface area contributed by atoms with Crippen LogP contribution in [0, 0.1) is 11.8 Å². The van der Waals surface area contributed by atoms with Crippen molar-refractivity contribution in [1.29, 1.82) is 0 Å². The molecule has 2 aliphatic carbocycles. The van der Waals surface area contributed by atoms with Crippen LogP contribution in [0.2, 0.25) is 0 Å². The Kier molecular flexibility index (Phi) is 2.91. The van der Waals surface area contributed by atoms with E-state index in [1.807, 2.05) is 24.3 Å². The fraction of sp³-hybridized carbons (Fsp3) is 0.471. The van der Waals surface area contributed by atoms with E-state index in [1.54, 1.807) is 7.11 Å². The molecule has 0 aliphatic heterocycles. The molecule has 1 heterocycles. The van der Waals surface area contributed by atoms with Crippen LogP contribution in [-0.2, 0) is 0 Å². The van der Waals surface area contributed by atoms with Gasteiger partial charge in [0.2, 0.25) is 5.88 Å². The number of nitrogen functional groups attached to an aromatic ring is 1. The molecule has 0 spiro atoms. The van der Waals surface area contributed by atoms with E-state index < -0.39 is 0 Å². The van der Waals surface area contributed by atoms with E-state index in [1.165, 1.54) is 25.7 Å². The maximum Gasteiger partial charge on any atom is 0.230 e. The predicted molar refractivity (Wildman–Crippen MR) is 81.1 cm³/mol. The van der Waals surface area contributed by atoms with Crippen molar-refractivity contribution in [3.63, 3.8) is 0 Å². The molecule has 4 rings (SSSR count). The highest BCUT2D eigenvalue weighted by atomic mass is 16.5. The molecule has 4 nitrogen and oxygen atoms in total. The van der Waals surface area contributed by atoms with E-state index in [4.69, 9.17) is 15.0 Å². The molecule has 3 atom stereocenters. The molecule has 0 saturated heterocycles. The minimum Gasteiger partial charge on any atom is -0.497 e. The van der Waals surface area contributed by atoms with E-state index >= 15 is 0 Å². The third-order valence-electron chi connectivity index (χ3n) is 5.21. The lowest BCUT2D eigenvalue weighted by Gasteiger charge is -2.20. The lowest BCUT2D eigenvalue weighted by molar-refractivity contribution is 0.375. The number of hydrogen-bond donors (Lipinski definition) is 1. The van der Waals surface area contributed by atoms with Crippen LogP contribution >= 0.6 is 0 Å². The Morgan fingerprint density at radius 2 is 2.00 bits per heavy atom. The Morgan fingerprint density at radius 3 is 2.62 bits per heavy atom. The van der Waals surface area contributed by atoms with Gasteiger partial charge < -0.3 is 15.0 Å². The average Bonchev–Trinajstić information content (AvgIpc) is 3.22. The molecule has 4 heteroatoms. The van der Waals surface area contributed by atoms with E-state index in [0.717, 1.165) is 34.4 Å². The second kappa shape index (κ2) is 4.79. The summed E-state index contributed by atoms with van der Waals surface area (Å²) in [7, 11) is 1.67. The SMILES string of the molecule is COc1ccc(-c2c(C3CC4CCC3C4)noc2N)cc1. The van der Waals surface area contributed by atoms with Crippen LogP contribution in [0.1, 0.15) is 37.3 Å². The van der Waals surface area contributed by atoms with E-state index in [9.17, 15) is 0 Å². The molecule has 2 fully saturated rings. The molecule has 21 heavy (non-hydrogen) atoms. The van der Waals surface area contributed by atoms with Gasteiger partial charge in [-0.1, -0.05) is 23.7 Å². The number of fused-ring (bicyclic) bond motifs is 2. The summed E-state index contributed by atoms with van der Waals surface area (Å²) in [5.41, 5.74) is 9.15. The average molecular weight is 284 g/mol. The molecule has 2 N–H and O–H groups in total. The minimum atomic E-state index is 0.429. The number of hydrogen-bond acceptors (Lipinski definition) is 4. The summed E-state index contributed by atoms with van der Waals surface area (Å²) >= 11 is 0. The van der Waals surface area contributed by atoms with Crippen molar-refractivity contribution in [2.75, 3.05) is 12.8 Å². The van der Waals surface area contributed by atoms with Crippen LogP contribution in [-0.4, -0.2) is 12.3 Å². The van der Waals surface area contributed by atoms with Gasteiger partial charge in [-0.15, -0.1) is 0 Å². The molecule has 110 valence electrons. The lowest BCUT2D eigenvalue weighted by atomic mass is 9.84. The second-order valence-electron chi connectivity index (χ2n) is 6.32. The van der Waals surface area contributed by atoms with Gasteiger partial charge in [0.1, 0.15) is 5.75 Å². The minimum absolute atomic E-state index is 0.429. The lowest BCUT2D eigenvalue weighted by Crippen LogP contribution is -2.10. The highest BCUT2D eigenvalue weighted by Gasteiger charge is 2.43. The highest BCUT2D eigenvalue weighted by molar-refractivity contribution is 5.76. The Labute approximate surface area is 124 Å². The third kappa shape index (κ3) is 2.01. The van der Waals surface area contributed by atoms with Gasteiger partial charge in [0.05, 0.1) is 18.4 Å². The largest absolute Gasteiger partial charge is 0.497 e. The topological polar surface area (TPSA) is 61.3 Å². The fourth-order valence-electron chi connectivity index (χ4n) is 4.20. The van der Waals surface area contributed by atoms with Crippen LogP contribution < -0.4 is 10.5 Å². The molecule has 3 unspecified atom stereocenters. The summed E-state index contributed by atoms with van der Waals surface area (Å²) in [6, 6.07) is 7.95. The van der Waals surface area contributed by atoms with Crippen molar-refractivity contribution >= 4 is 5.88 Å². The molecule has 1 aromatic carbocycles. The van der Waals surface area contributed by atoms with Crippen LogP contribution in [0.3, 0.4) is 0 Å².